The first-order chi connectivity index (χ1) is 8.15. The summed E-state index contributed by atoms with van der Waals surface area (Å²) in [6.45, 7) is 1.97. The van der Waals surface area contributed by atoms with Crippen molar-refractivity contribution in [3.8, 4) is 0 Å². The van der Waals surface area contributed by atoms with Crippen molar-refractivity contribution in [2.24, 2.45) is 0 Å². The number of aryl methyl sites for hydroxylation is 1. The number of nitrogens with zero attached hydrogens (tertiary/aromatic N) is 2. The van der Waals surface area contributed by atoms with Gasteiger partial charge in [-0.25, -0.2) is 14.8 Å². The molecule has 0 bridgehead atoms. The van der Waals surface area contributed by atoms with E-state index in [1.165, 1.54) is 11.1 Å². The van der Waals surface area contributed by atoms with Crippen molar-refractivity contribution in [2.75, 3.05) is 0 Å². The van der Waals surface area contributed by atoms with Crippen molar-refractivity contribution in [3.63, 3.8) is 0 Å². The zero-order valence-corrected chi connectivity index (χ0v) is 10.7. The van der Waals surface area contributed by atoms with Gasteiger partial charge in [-0.05, 0) is 19.1 Å². The van der Waals surface area contributed by atoms with Gasteiger partial charge in [0, 0.05) is 27.9 Å². The first-order valence-electron chi connectivity index (χ1n) is 4.88. The Morgan fingerprint density at radius 3 is 3.00 bits per heavy atom. The van der Waals surface area contributed by atoms with Crippen LogP contribution >= 0.6 is 23.1 Å². The molecule has 1 N–H and O–H groups in total. The van der Waals surface area contributed by atoms with E-state index < -0.39 is 5.97 Å². The number of carbonyl (C=O) groups is 1. The van der Waals surface area contributed by atoms with Gasteiger partial charge in [0.25, 0.3) is 0 Å². The fourth-order valence-electron chi connectivity index (χ4n) is 1.24. The molecular formula is C11H10N2O2S2. The molecule has 0 spiro atoms. The lowest BCUT2D eigenvalue weighted by atomic mass is 10.3. The number of aromatic nitrogens is 2. The molecule has 88 valence electrons. The number of pyridine rings is 1. The summed E-state index contributed by atoms with van der Waals surface area (Å²) in [5, 5.41) is 9.86. The summed E-state index contributed by atoms with van der Waals surface area (Å²) in [4.78, 5) is 20.8. The summed E-state index contributed by atoms with van der Waals surface area (Å²) in [7, 11) is 0. The minimum Gasteiger partial charge on any atom is -0.477 e. The molecule has 0 aliphatic carbocycles. The molecule has 0 radical (unpaired) electrons. The van der Waals surface area contributed by atoms with Gasteiger partial charge >= 0.3 is 5.97 Å². The smallest absolute Gasteiger partial charge is 0.354 e. The second-order valence-electron chi connectivity index (χ2n) is 3.32. The molecule has 0 saturated carbocycles. The Hall–Kier alpha value is -1.40. The zero-order valence-electron chi connectivity index (χ0n) is 9.08. The quantitative estimate of drug-likeness (QED) is 0.862. The van der Waals surface area contributed by atoms with Gasteiger partial charge in [0.15, 0.2) is 0 Å². The van der Waals surface area contributed by atoms with Crippen LogP contribution in [0.5, 0.6) is 0 Å². The third-order valence-corrected chi connectivity index (χ3v) is 4.14. The lowest BCUT2D eigenvalue weighted by Crippen LogP contribution is -1.99. The van der Waals surface area contributed by atoms with E-state index in [0.29, 0.717) is 0 Å². The molecule has 0 atom stereocenters. The fraction of sp³-hybridized carbons (Fsp3) is 0.182. The van der Waals surface area contributed by atoms with Gasteiger partial charge in [-0.1, -0.05) is 0 Å². The van der Waals surface area contributed by atoms with Crippen LogP contribution < -0.4 is 0 Å². The maximum absolute atomic E-state index is 10.8. The van der Waals surface area contributed by atoms with Crippen LogP contribution in [-0.2, 0) is 5.75 Å². The molecule has 0 unspecified atom stereocenters. The largest absolute Gasteiger partial charge is 0.477 e. The van der Waals surface area contributed by atoms with Gasteiger partial charge in [0.2, 0.25) is 0 Å². The van der Waals surface area contributed by atoms with E-state index >= 15 is 0 Å². The minimum absolute atomic E-state index is 0.0792. The first kappa shape index (κ1) is 12.1. The standard InChI is InChI=1S/C11H10N2O2S2/c1-7-13-5-9(17-7)6-16-8-2-3-12-10(4-8)11(14)15/h2-5H,6H2,1H3,(H,14,15). The highest BCUT2D eigenvalue weighted by molar-refractivity contribution is 7.98. The van der Waals surface area contributed by atoms with Gasteiger partial charge in [0.1, 0.15) is 5.69 Å². The minimum atomic E-state index is -0.999. The van der Waals surface area contributed by atoms with Crippen LogP contribution in [0.1, 0.15) is 20.4 Å². The summed E-state index contributed by atoms with van der Waals surface area (Å²) in [5.74, 6) is -0.199. The third kappa shape index (κ3) is 3.28. The van der Waals surface area contributed by atoms with Crippen LogP contribution in [0.25, 0.3) is 0 Å². The van der Waals surface area contributed by atoms with Gasteiger partial charge in [-0.3, -0.25) is 0 Å². The highest BCUT2D eigenvalue weighted by Gasteiger charge is 2.06. The number of thiazole rings is 1. The van der Waals surface area contributed by atoms with Crippen LogP contribution in [0.2, 0.25) is 0 Å². The van der Waals surface area contributed by atoms with Crippen molar-refractivity contribution in [2.45, 2.75) is 17.6 Å². The molecule has 2 aromatic heterocycles. The Labute approximate surface area is 107 Å². The second-order valence-corrected chi connectivity index (χ2v) is 5.68. The average molecular weight is 266 g/mol. The third-order valence-electron chi connectivity index (χ3n) is 2.00. The molecule has 0 saturated heterocycles. The number of aromatic carboxylic acids is 1. The van der Waals surface area contributed by atoms with E-state index in [1.54, 1.807) is 29.2 Å². The maximum Gasteiger partial charge on any atom is 0.354 e. The van der Waals surface area contributed by atoms with Crippen molar-refractivity contribution < 1.29 is 9.90 Å². The lowest BCUT2D eigenvalue weighted by molar-refractivity contribution is 0.0690. The van der Waals surface area contributed by atoms with Gasteiger partial charge in [-0.15, -0.1) is 23.1 Å². The van der Waals surface area contributed by atoms with E-state index in [1.807, 2.05) is 19.2 Å². The van der Waals surface area contributed by atoms with E-state index in [-0.39, 0.29) is 5.69 Å². The average Bonchev–Trinajstić information content (AvgIpc) is 2.73. The lowest BCUT2D eigenvalue weighted by Gasteiger charge is -2.00. The van der Waals surface area contributed by atoms with E-state index in [4.69, 9.17) is 5.11 Å². The Balaban J connectivity index is 2.04. The molecule has 0 aliphatic heterocycles. The number of thioether (sulfide) groups is 1. The highest BCUT2D eigenvalue weighted by Crippen LogP contribution is 2.25. The predicted octanol–water partition coefficient (Wildman–Crippen LogP) is 2.84. The van der Waals surface area contributed by atoms with Crippen LogP contribution in [0.15, 0.2) is 29.4 Å². The number of rotatable bonds is 4. The number of hydrogen-bond acceptors (Lipinski definition) is 5. The van der Waals surface area contributed by atoms with Crippen molar-refractivity contribution in [3.05, 3.63) is 40.1 Å². The molecule has 0 aromatic carbocycles. The van der Waals surface area contributed by atoms with Gasteiger partial charge in [-0.2, -0.15) is 0 Å². The number of hydrogen-bond donors (Lipinski definition) is 1. The summed E-state index contributed by atoms with van der Waals surface area (Å²) in [6, 6.07) is 3.39. The Morgan fingerprint density at radius 2 is 2.35 bits per heavy atom. The van der Waals surface area contributed by atoms with Crippen LogP contribution in [0.4, 0.5) is 0 Å². The highest BCUT2D eigenvalue weighted by atomic mass is 32.2. The van der Waals surface area contributed by atoms with E-state index in [0.717, 1.165) is 15.7 Å². The molecule has 6 heteroatoms. The molecule has 2 rings (SSSR count). The Bertz CT molecular complexity index is 540. The maximum atomic E-state index is 10.8. The molecule has 4 nitrogen and oxygen atoms in total. The SMILES string of the molecule is Cc1ncc(CSc2ccnc(C(=O)O)c2)s1. The van der Waals surface area contributed by atoms with E-state index in [2.05, 4.69) is 9.97 Å². The topological polar surface area (TPSA) is 63.1 Å². The normalized spacial score (nSPS) is 10.4. The predicted molar refractivity (Wildman–Crippen MR) is 67.6 cm³/mol. The summed E-state index contributed by atoms with van der Waals surface area (Å²) >= 11 is 3.24. The molecule has 0 fully saturated rings. The summed E-state index contributed by atoms with van der Waals surface area (Å²) in [5.41, 5.74) is 0.0792. The molecule has 2 heterocycles. The Morgan fingerprint density at radius 1 is 1.53 bits per heavy atom. The molecule has 0 aliphatic rings. The molecular weight excluding hydrogens is 256 g/mol. The van der Waals surface area contributed by atoms with Crippen LogP contribution in [0, 0.1) is 6.92 Å². The van der Waals surface area contributed by atoms with Crippen molar-refractivity contribution in [1.29, 1.82) is 0 Å². The van der Waals surface area contributed by atoms with Gasteiger partial charge in [0.05, 0.1) is 5.01 Å². The molecule has 17 heavy (non-hydrogen) atoms. The zero-order chi connectivity index (χ0) is 12.3. The summed E-state index contributed by atoms with van der Waals surface area (Å²) < 4.78 is 0. The van der Waals surface area contributed by atoms with E-state index in [9.17, 15) is 4.79 Å². The van der Waals surface area contributed by atoms with Crippen molar-refractivity contribution in [1.82, 2.24) is 9.97 Å². The second kappa shape index (κ2) is 5.29. The fourth-order valence-corrected chi connectivity index (χ4v) is 2.98. The van der Waals surface area contributed by atoms with Crippen LogP contribution in [0.3, 0.4) is 0 Å². The monoisotopic (exact) mass is 266 g/mol. The Kier molecular flexibility index (Phi) is 3.75. The van der Waals surface area contributed by atoms with Crippen LogP contribution in [-0.4, -0.2) is 21.0 Å². The van der Waals surface area contributed by atoms with Gasteiger partial charge < -0.3 is 5.11 Å². The van der Waals surface area contributed by atoms with Crippen molar-refractivity contribution >= 4 is 29.1 Å². The molecule has 2 aromatic rings. The summed E-state index contributed by atoms with van der Waals surface area (Å²) in [6.07, 6.45) is 3.37. The first-order valence-corrected chi connectivity index (χ1v) is 6.69. The number of carboxylic acids is 1. The number of carboxylic acid groups (broad SMARTS) is 1. The molecule has 0 amide bonds.